The number of thiophene rings is 1. The molecule has 0 unspecified atom stereocenters. The van der Waals surface area contributed by atoms with Crippen LogP contribution >= 0.6 is 11.3 Å². The maximum absolute atomic E-state index is 12.4. The zero-order valence-electron chi connectivity index (χ0n) is 10.8. The molecule has 0 atom stereocenters. The maximum Gasteiger partial charge on any atom is 0.143 e. The van der Waals surface area contributed by atoms with Gasteiger partial charge in [-0.15, -0.1) is 0 Å². The number of ketones is 1. The highest BCUT2D eigenvalue weighted by molar-refractivity contribution is 7.07. The smallest absolute Gasteiger partial charge is 0.143 e. The molecule has 2 rings (SSSR count). The van der Waals surface area contributed by atoms with Gasteiger partial charge in [-0.25, -0.2) is 0 Å². The van der Waals surface area contributed by atoms with Crippen LogP contribution in [-0.4, -0.2) is 5.78 Å². The molecule has 18 heavy (non-hydrogen) atoms. The third kappa shape index (κ3) is 2.88. The van der Waals surface area contributed by atoms with E-state index < -0.39 is 5.41 Å². The standard InChI is InChI=1S/C16H18OS/c1-16(2,14-6-4-3-5-7-14)15(17)9-8-13-10-11-18-12-13/h3-7,10-12H,8-9H2,1-2H3. The van der Waals surface area contributed by atoms with Gasteiger partial charge in [-0.3, -0.25) is 4.79 Å². The molecule has 1 aromatic heterocycles. The quantitative estimate of drug-likeness (QED) is 0.784. The van der Waals surface area contributed by atoms with Gasteiger partial charge in [0.15, 0.2) is 0 Å². The summed E-state index contributed by atoms with van der Waals surface area (Å²) in [5, 5.41) is 4.17. The van der Waals surface area contributed by atoms with Crippen molar-refractivity contribution in [1.82, 2.24) is 0 Å². The van der Waals surface area contributed by atoms with E-state index in [1.807, 2.05) is 44.2 Å². The fourth-order valence-corrected chi connectivity index (χ4v) is 2.72. The first kappa shape index (κ1) is 13.0. The van der Waals surface area contributed by atoms with Gasteiger partial charge in [0.1, 0.15) is 5.78 Å². The van der Waals surface area contributed by atoms with Crippen LogP contribution in [0.2, 0.25) is 0 Å². The molecule has 0 saturated carbocycles. The summed E-state index contributed by atoms with van der Waals surface area (Å²) >= 11 is 1.68. The Morgan fingerprint density at radius 1 is 1.17 bits per heavy atom. The average molecular weight is 258 g/mol. The van der Waals surface area contributed by atoms with E-state index >= 15 is 0 Å². The second-order valence-corrected chi connectivity index (χ2v) is 5.83. The lowest BCUT2D eigenvalue weighted by molar-refractivity contribution is -0.123. The molecule has 94 valence electrons. The molecule has 0 N–H and O–H groups in total. The fraction of sp³-hybridized carbons (Fsp3) is 0.312. The van der Waals surface area contributed by atoms with Crippen LogP contribution in [0.1, 0.15) is 31.4 Å². The van der Waals surface area contributed by atoms with E-state index in [9.17, 15) is 4.79 Å². The first-order valence-electron chi connectivity index (χ1n) is 6.20. The topological polar surface area (TPSA) is 17.1 Å². The van der Waals surface area contributed by atoms with E-state index in [0.29, 0.717) is 12.2 Å². The summed E-state index contributed by atoms with van der Waals surface area (Å²) in [6, 6.07) is 12.1. The van der Waals surface area contributed by atoms with Gasteiger partial charge in [-0.2, -0.15) is 11.3 Å². The molecule has 1 heterocycles. The first-order chi connectivity index (χ1) is 8.60. The molecule has 0 bridgehead atoms. The van der Waals surface area contributed by atoms with E-state index in [0.717, 1.165) is 12.0 Å². The van der Waals surface area contributed by atoms with Crippen molar-refractivity contribution in [3.05, 3.63) is 58.3 Å². The molecule has 0 radical (unpaired) electrons. The second kappa shape index (κ2) is 5.49. The first-order valence-corrected chi connectivity index (χ1v) is 7.15. The summed E-state index contributed by atoms with van der Waals surface area (Å²) in [5.41, 5.74) is 1.97. The highest BCUT2D eigenvalue weighted by atomic mass is 32.1. The average Bonchev–Trinajstić information content (AvgIpc) is 2.90. The molecule has 0 saturated heterocycles. The molecule has 0 aliphatic rings. The second-order valence-electron chi connectivity index (χ2n) is 5.05. The van der Waals surface area contributed by atoms with Gasteiger partial charge in [-0.1, -0.05) is 30.3 Å². The van der Waals surface area contributed by atoms with Crippen LogP contribution in [0.15, 0.2) is 47.2 Å². The molecule has 0 aliphatic carbocycles. The Bertz CT molecular complexity index is 497. The van der Waals surface area contributed by atoms with Crippen molar-refractivity contribution in [3.8, 4) is 0 Å². The van der Waals surface area contributed by atoms with Crippen LogP contribution in [0.5, 0.6) is 0 Å². The van der Waals surface area contributed by atoms with E-state index in [1.165, 1.54) is 5.56 Å². The van der Waals surface area contributed by atoms with Crippen LogP contribution < -0.4 is 0 Å². The van der Waals surface area contributed by atoms with Crippen molar-refractivity contribution < 1.29 is 4.79 Å². The zero-order chi connectivity index (χ0) is 13.0. The summed E-state index contributed by atoms with van der Waals surface area (Å²) in [4.78, 5) is 12.4. The molecule has 2 heteroatoms. The van der Waals surface area contributed by atoms with Crippen molar-refractivity contribution in [1.29, 1.82) is 0 Å². The monoisotopic (exact) mass is 258 g/mol. The molecule has 1 aromatic carbocycles. The van der Waals surface area contributed by atoms with Gasteiger partial charge in [-0.05, 0) is 48.2 Å². The van der Waals surface area contributed by atoms with Crippen LogP contribution in [-0.2, 0) is 16.6 Å². The minimum Gasteiger partial charge on any atom is -0.299 e. The number of benzene rings is 1. The van der Waals surface area contributed by atoms with Gasteiger partial charge in [0.25, 0.3) is 0 Å². The molecule has 0 spiro atoms. The van der Waals surface area contributed by atoms with Gasteiger partial charge >= 0.3 is 0 Å². The third-order valence-electron chi connectivity index (χ3n) is 3.41. The lowest BCUT2D eigenvalue weighted by Gasteiger charge is -2.23. The predicted molar refractivity (Wildman–Crippen MR) is 77.1 cm³/mol. The van der Waals surface area contributed by atoms with Crippen LogP contribution in [0.4, 0.5) is 0 Å². The molecule has 0 amide bonds. The van der Waals surface area contributed by atoms with Gasteiger partial charge in [0.05, 0.1) is 0 Å². The Labute approximate surface area is 112 Å². The lowest BCUT2D eigenvalue weighted by atomic mass is 9.79. The fourth-order valence-electron chi connectivity index (χ4n) is 2.02. The Kier molecular flexibility index (Phi) is 3.97. The van der Waals surface area contributed by atoms with E-state index in [4.69, 9.17) is 0 Å². The van der Waals surface area contributed by atoms with E-state index in [-0.39, 0.29) is 0 Å². The highest BCUT2D eigenvalue weighted by Crippen LogP contribution is 2.26. The molecular formula is C16H18OS. The number of rotatable bonds is 5. The number of Topliss-reactive ketones (excluding diaryl/α,β-unsaturated/α-hetero) is 1. The number of carbonyl (C=O) groups excluding carboxylic acids is 1. The summed E-state index contributed by atoms with van der Waals surface area (Å²) in [6.45, 7) is 4.02. The van der Waals surface area contributed by atoms with E-state index in [2.05, 4.69) is 16.8 Å². The van der Waals surface area contributed by atoms with Gasteiger partial charge < -0.3 is 0 Å². The van der Waals surface area contributed by atoms with Crippen molar-refractivity contribution in [2.24, 2.45) is 0 Å². The van der Waals surface area contributed by atoms with Crippen molar-refractivity contribution in [2.75, 3.05) is 0 Å². The zero-order valence-corrected chi connectivity index (χ0v) is 11.7. The predicted octanol–water partition coefficient (Wildman–Crippen LogP) is 4.23. The molecule has 1 nitrogen and oxygen atoms in total. The van der Waals surface area contributed by atoms with Crippen molar-refractivity contribution in [2.45, 2.75) is 32.1 Å². The number of carbonyl (C=O) groups is 1. The summed E-state index contributed by atoms with van der Waals surface area (Å²) in [7, 11) is 0. The normalized spacial score (nSPS) is 11.4. The number of hydrogen-bond acceptors (Lipinski definition) is 2. The number of hydrogen-bond donors (Lipinski definition) is 0. The third-order valence-corrected chi connectivity index (χ3v) is 4.15. The van der Waals surface area contributed by atoms with Gasteiger partial charge in [0, 0.05) is 11.8 Å². The summed E-state index contributed by atoms with van der Waals surface area (Å²) in [6.07, 6.45) is 1.46. The Morgan fingerprint density at radius 3 is 2.50 bits per heavy atom. The number of aryl methyl sites for hydroxylation is 1. The minimum absolute atomic E-state index is 0.305. The summed E-state index contributed by atoms with van der Waals surface area (Å²) in [5.74, 6) is 0.305. The molecular weight excluding hydrogens is 240 g/mol. The Hall–Kier alpha value is -1.41. The van der Waals surface area contributed by atoms with Gasteiger partial charge in [0.2, 0.25) is 0 Å². The highest BCUT2D eigenvalue weighted by Gasteiger charge is 2.28. The molecule has 0 fully saturated rings. The SMILES string of the molecule is CC(C)(C(=O)CCc1ccsc1)c1ccccc1. The lowest BCUT2D eigenvalue weighted by Crippen LogP contribution is -2.29. The maximum atomic E-state index is 12.4. The summed E-state index contributed by atoms with van der Waals surface area (Å²) < 4.78 is 0. The van der Waals surface area contributed by atoms with Crippen LogP contribution in [0, 0.1) is 0 Å². The van der Waals surface area contributed by atoms with Crippen LogP contribution in [0.3, 0.4) is 0 Å². The van der Waals surface area contributed by atoms with Crippen molar-refractivity contribution >= 4 is 17.1 Å². The van der Waals surface area contributed by atoms with E-state index in [1.54, 1.807) is 11.3 Å². The Morgan fingerprint density at radius 2 is 1.89 bits per heavy atom. The molecule has 2 aromatic rings. The minimum atomic E-state index is -0.392. The Balaban J connectivity index is 2.04. The largest absolute Gasteiger partial charge is 0.299 e. The molecule has 0 aliphatic heterocycles. The van der Waals surface area contributed by atoms with Crippen LogP contribution in [0.25, 0.3) is 0 Å². The van der Waals surface area contributed by atoms with Crippen molar-refractivity contribution in [3.63, 3.8) is 0 Å².